The Kier molecular flexibility index (Phi) is 4.47. The van der Waals surface area contributed by atoms with Gasteiger partial charge in [-0.25, -0.2) is 12.8 Å². The Morgan fingerprint density at radius 2 is 2.12 bits per heavy atom. The van der Waals surface area contributed by atoms with Crippen molar-refractivity contribution in [3.8, 4) is 5.75 Å². The molecule has 6 heteroatoms. The van der Waals surface area contributed by atoms with Crippen LogP contribution in [0.4, 0.5) is 4.39 Å². The van der Waals surface area contributed by atoms with E-state index in [-0.39, 0.29) is 23.7 Å². The second kappa shape index (κ2) is 5.46. The third-order valence-corrected chi connectivity index (χ3v) is 3.05. The second-order valence-electron chi connectivity index (χ2n) is 3.84. The largest absolute Gasteiger partial charge is 0.492 e. The van der Waals surface area contributed by atoms with E-state index in [1.54, 1.807) is 0 Å². The predicted molar refractivity (Wildman–Crippen MR) is 62.2 cm³/mol. The van der Waals surface area contributed by atoms with Crippen LogP contribution in [0.15, 0.2) is 18.2 Å². The van der Waals surface area contributed by atoms with Crippen LogP contribution < -0.4 is 4.74 Å². The first kappa shape index (κ1) is 13.9. The zero-order valence-corrected chi connectivity index (χ0v) is 10.5. The summed E-state index contributed by atoms with van der Waals surface area (Å²) in [5, 5.41) is 9.22. The Morgan fingerprint density at radius 1 is 1.47 bits per heavy atom. The van der Waals surface area contributed by atoms with Gasteiger partial charge in [-0.1, -0.05) is 0 Å². The van der Waals surface area contributed by atoms with E-state index in [2.05, 4.69) is 0 Å². The number of sulfone groups is 1. The molecule has 1 N–H and O–H groups in total. The first-order valence-corrected chi connectivity index (χ1v) is 7.13. The average molecular weight is 262 g/mol. The van der Waals surface area contributed by atoms with Gasteiger partial charge in [-0.05, 0) is 19.1 Å². The van der Waals surface area contributed by atoms with E-state index < -0.39 is 21.8 Å². The minimum atomic E-state index is -3.08. The summed E-state index contributed by atoms with van der Waals surface area (Å²) in [5.74, 6) is -0.445. The normalized spacial score (nSPS) is 13.4. The van der Waals surface area contributed by atoms with Crippen LogP contribution in [0.1, 0.15) is 18.6 Å². The van der Waals surface area contributed by atoms with Gasteiger partial charge in [0, 0.05) is 17.9 Å². The van der Waals surface area contributed by atoms with Crippen LogP contribution in [0.25, 0.3) is 0 Å². The highest BCUT2D eigenvalue weighted by molar-refractivity contribution is 7.90. The molecule has 17 heavy (non-hydrogen) atoms. The van der Waals surface area contributed by atoms with E-state index in [0.717, 1.165) is 12.3 Å². The third kappa shape index (κ3) is 4.70. The molecule has 1 aromatic carbocycles. The van der Waals surface area contributed by atoms with Gasteiger partial charge >= 0.3 is 0 Å². The maximum atomic E-state index is 13.4. The lowest BCUT2D eigenvalue weighted by Crippen LogP contribution is -2.12. The average Bonchev–Trinajstić information content (AvgIpc) is 2.15. The molecule has 1 rings (SSSR count). The Bertz CT molecular complexity index is 482. The molecule has 4 nitrogen and oxygen atoms in total. The SMILES string of the molecule is C[C@@H](O)c1ccc(OCCS(C)(=O)=O)cc1F. The summed E-state index contributed by atoms with van der Waals surface area (Å²) in [5.41, 5.74) is 0.181. The van der Waals surface area contributed by atoms with Gasteiger partial charge in [-0.15, -0.1) is 0 Å². The van der Waals surface area contributed by atoms with Crippen molar-refractivity contribution in [2.45, 2.75) is 13.0 Å². The molecule has 0 aliphatic rings. The van der Waals surface area contributed by atoms with Crippen LogP contribution in [0.2, 0.25) is 0 Å². The molecule has 0 saturated heterocycles. The summed E-state index contributed by atoms with van der Waals surface area (Å²) in [6.45, 7) is 1.44. The van der Waals surface area contributed by atoms with E-state index >= 15 is 0 Å². The Labute approximate surface area is 100.0 Å². The molecule has 0 aliphatic carbocycles. The van der Waals surface area contributed by atoms with Crippen molar-refractivity contribution in [3.63, 3.8) is 0 Å². The second-order valence-corrected chi connectivity index (χ2v) is 6.10. The molecule has 1 aromatic rings. The topological polar surface area (TPSA) is 63.6 Å². The van der Waals surface area contributed by atoms with Crippen LogP contribution in [-0.4, -0.2) is 32.1 Å². The number of rotatable bonds is 5. The zero-order chi connectivity index (χ0) is 13.1. The number of halogens is 1. The third-order valence-electron chi connectivity index (χ3n) is 2.14. The van der Waals surface area contributed by atoms with Gasteiger partial charge in [0.1, 0.15) is 18.2 Å². The fraction of sp³-hybridized carbons (Fsp3) is 0.455. The molecular formula is C11H15FO4S. The van der Waals surface area contributed by atoms with Crippen LogP contribution in [0.5, 0.6) is 5.75 Å². The monoisotopic (exact) mass is 262 g/mol. The predicted octanol–water partition coefficient (Wildman–Crippen LogP) is 1.30. The number of hydrogen-bond acceptors (Lipinski definition) is 4. The van der Waals surface area contributed by atoms with E-state index in [9.17, 15) is 17.9 Å². The summed E-state index contributed by atoms with van der Waals surface area (Å²) in [4.78, 5) is 0. The highest BCUT2D eigenvalue weighted by atomic mass is 32.2. The van der Waals surface area contributed by atoms with Crippen LogP contribution in [0.3, 0.4) is 0 Å². The van der Waals surface area contributed by atoms with Crippen molar-refractivity contribution in [2.75, 3.05) is 18.6 Å². The molecule has 0 fully saturated rings. The maximum absolute atomic E-state index is 13.4. The van der Waals surface area contributed by atoms with Crippen molar-refractivity contribution in [1.82, 2.24) is 0 Å². The summed E-state index contributed by atoms with van der Waals surface area (Å²) in [6, 6.07) is 4.04. The Balaban J connectivity index is 2.65. The lowest BCUT2D eigenvalue weighted by Gasteiger charge is -2.09. The quantitative estimate of drug-likeness (QED) is 0.868. The molecule has 96 valence electrons. The van der Waals surface area contributed by atoms with Gasteiger partial charge in [0.05, 0.1) is 11.9 Å². The molecule has 0 aromatic heterocycles. The Morgan fingerprint density at radius 3 is 2.59 bits per heavy atom. The molecule has 0 amide bonds. The van der Waals surface area contributed by atoms with Gasteiger partial charge < -0.3 is 9.84 Å². The van der Waals surface area contributed by atoms with Gasteiger partial charge in [-0.2, -0.15) is 0 Å². The van der Waals surface area contributed by atoms with Crippen molar-refractivity contribution in [2.24, 2.45) is 0 Å². The molecule has 0 bridgehead atoms. The summed E-state index contributed by atoms with van der Waals surface area (Å²) >= 11 is 0. The van der Waals surface area contributed by atoms with Crippen molar-refractivity contribution in [1.29, 1.82) is 0 Å². The van der Waals surface area contributed by atoms with E-state index in [1.165, 1.54) is 19.1 Å². The van der Waals surface area contributed by atoms with Crippen molar-refractivity contribution >= 4 is 9.84 Å². The number of benzene rings is 1. The standard InChI is InChI=1S/C11H15FO4S/c1-8(13)10-4-3-9(7-11(10)12)16-5-6-17(2,14)15/h3-4,7-8,13H,5-6H2,1-2H3/t8-/m1/s1. The first-order valence-electron chi connectivity index (χ1n) is 5.07. The van der Waals surface area contributed by atoms with Crippen LogP contribution >= 0.6 is 0 Å². The van der Waals surface area contributed by atoms with Gasteiger partial charge in [0.15, 0.2) is 9.84 Å². The molecular weight excluding hydrogens is 247 g/mol. The number of ether oxygens (including phenoxy) is 1. The highest BCUT2D eigenvalue weighted by Crippen LogP contribution is 2.21. The van der Waals surface area contributed by atoms with Crippen LogP contribution in [-0.2, 0) is 9.84 Å². The summed E-state index contributed by atoms with van der Waals surface area (Å²) in [6.07, 6.45) is 0.216. The minimum absolute atomic E-state index is 0.0215. The smallest absolute Gasteiger partial charge is 0.150 e. The number of aliphatic hydroxyl groups excluding tert-OH is 1. The van der Waals surface area contributed by atoms with E-state index in [0.29, 0.717) is 0 Å². The van der Waals surface area contributed by atoms with Gasteiger partial charge in [0.2, 0.25) is 0 Å². The molecule has 0 heterocycles. The molecule has 0 aliphatic heterocycles. The summed E-state index contributed by atoms with van der Waals surface area (Å²) < 4.78 is 40.2. The first-order chi connectivity index (χ1) is 7.79. The van der Waals surface area contributed by atoms with Crippen molar-refractivity contribution < 1.29 is 22.7 Å². The minimum Gasteiger partial charge on any atom is -0.492 e. The van der Waals surface area contributed by atoms with Crippen LogP contribution in [0, 0.1) is 5.82 Å². The highest BCUT2D eigenvalue weighted by Gasteiger charge is 2.09. The lowest BCUT2D eigenvalue weighted by molar-refractivity contribution is 0.194. The number of hydrogen-bond donors (Lipinski definition) is 1. The molecule has 0 unspecified atom stereocenters. The summed E-state index contributed by atoms with van der Waals surface area (Å²) in [7, 11) is -3.08. The molecule has 0 radical (unpaired) electrons. The fourth-order valence-corrected chi connectivity index (χ4v) is 1.63. The van der Waals surface area contributed by atoms with E-state index in [1.807, 2.05) is 0 Å². The zero-order valence-electron chi connectivity index (χ0n) is 9.68. The number of aliphatic hydroxyl groups is 1. The lowest BCUT2D eigenvalue weighted by atomic mass is 10.1. The van der Waals surface area contributed by atoms with Gasteiger partial charge in [0.25, 0.3) is 0 Å². The molecule has 0 saturated carbocycles. The maximum Gasteiger partial charge on any atom is 0.150 e. The molecule has 1 atom stereocenters. The van der Waals surface area contributed by atoms with E-state index in [4.69, 9.17) is 4.74 Å². The Hall–Kier alpha value is -1.14. The fourth-order valence-electron chi connectivity index (χ4n) is 1.25. The van der Waals surface area contributed by atoms with Crippen molar-refractivity contribution in [3.05, 3.63) is 29.6 Å². The molecule has 0 spiro atoms. The van der Waals surface area contributed by atoms with Gasteiger partial charge in [-0.3, -0.25) is 0 Å².